The van der Waals surface area contributed by atoms with Gasteiger partial charge in [-0.2, -0.15) is 0 Å². The number of hydrogen-bond donors (Lipinski definition) is 0. The molecule has 0 unspecified atom stereocenters. The van der Waals surface area contributed by atoms with Gasteiger partial charge in [0.2, 0.25) is 0 Å². The minimum Gasteiger partial charge on any atom is -0.0955 e. The van der Waals surface area contributed by atoms with E-state index in [1.807, 2.05) is 114 Å². The largest absolute Gasteiger partial charge is 0.0955 e. The molecule has 0 radical (unpaired) electrons. The Bertz CT molecular complexity index is 1230. The number of rotatable bonds is 2. The fourth-order valence-electron chi connectivity index (χ4n) is 4.25. The molecule has 6 rings (SSSR count). The van der Waals surface area contributed by atoms with Crippen LogP contribution in [0.2, 0.25) is 0 Å². The van der Waals surface area contributed by atoms with Crippen molar-refractivity contribution in [2.24, 2.45) is 0 Å². The Morgan fingerprint density at radius 3 is 0.980 bits per heavy atom. The van der Waals surface area contributed by atoms with Gasteiger partial charge in [-0.05, 0) is 72.1 Å². The predicted molar refractivity (Wildman–Crippen MR) is 232 cm³/mol. The smallest absolute Gasteiger partial charge is 0.0184 e. The third-order valence-corrected chi connectivity index (χ3v) is 6.44. The van der Waals surface area contributed by atoms with Crippen molar-refractivity contribution < 1.29 is 0 Å². The number of allylic oxidation sites excluding steroid dienone is 1. The van der Waals surface area contributed by atoms with Gasteiger partial charge in [0.05, 0.1) is 0 Å². The number of aryl methyl sites for hydroxylation is 3. The average Bonchev–Trinajstić information content (AvgIpc) is 3.24. The molecule has 0 amide bonds. The van der Waals surface area contributed by atoms with Gasteiger partial charge in [0.15, 0.2) is 0 Å². The van der Waals surface area contributed by atoms with Gasteiger partial charge in [-0.25, -0.2) is 0 Å². The molecule has 0 saturated carbocycles. The Morgan fingerprint density at radius 2 is 0.714 bits per heavy atom. The molecule has 1 aliphatic carbocycles. The molecule has 0 spiro atoms. The minimum absolute atomic E-state index is 1.12. The van der Waals surface area contributed by atoms with E-state index < -0.39 is 0 Å². The van der Waals surface area contributed by atoms with Crippen molar-refractivity contribution in [2.45, 2.75) is 129 Å². The van der Waals surface area contributed by atoms with Gasteiger partial charge < -0.3 is 0 Å². The van der Waals surface area contributed by atoms with E-state index in [1.54, 1.807) is 11.1 Å². The highest BCUT2D eigenvalue weighted by molar-refractivity contribution is 5.82. The molecular formula is C49H76. The van der Waals surface area contributed by atoms with Crippen molar-refractivity contribution in [2.75, 3.05) is 0 Å². The van der Waals surface area contributed by atoms with Gasteiger partial charge in [-0.3, -0.25) is 0 Å². The summed E-state index contributed by atoms with van der Waals surface area (Å²) in [5.74, 6) is 0. The monoisotopic (exact) mass is 665 g/mol. The summed E-state index contributed by atoms with van der Waals surface area (Å²) >= 11 is 0. The summed E-state index contributed by atoms with van der Waals surface area (Å²) in [6, 6.07) is 46.1. The van der Waals surface area contributed by atoms with Crippen LogP contribution in [0, 0.1) is 0 Å². The van der Waals surface area contributed by atoms with Gasteiger partial charge in [-0.1, -0.05) is 236 Å². The molecule has 1 aliphatic rings. The van der Waals surface area contributed by atoms with Crippen LogP contribution in [0.4, 0.5) is 0 Å². The van der Waals surface area contributed by atoms with Crippen molar-refractivity contribution in [3.63, 3.8) is 0 Å². The highest BCUT2D eigenvalue weighted by atomic mass is 14.1. The van der Waals surface area contributed by atoms with Crippen LogP contribution in [0.15, 0.2) is 140 Å². The Kier molecular flexibility index (Phi) is 44.6. The van der Waals surface area contributed by atoms with Crippen LogP contribution in [0.25, 0.3) is 16.3 Å². The van der Waals surface area contributed by atoms with E-state index in [0.29, 0.717) is 0 Å². The van der Waals surface area contributed by atoms with Crippen molar-refractivity contribution >= 4 is 16.3 Å². The molecular weight excluding hydrogens is 589 g/mol. The summed E-state index contributed by atoms with van der Waals surface area (Å²) in [6.45, 7) is 32.0. The van der Waals surface area contributed by atoms with E-state index in [4.69, 9.17) is 0 Å². The van der Waals surface area contributed by atoms with Gasteiger partial charge >= 0.3 is 0 Å². The van der Waals surface area contributed by atoms with Crippen LogP contribution in [0.3, 0.4) is 0 Å². The first-order chi connectivity index (χ1) is 24.2. The third kappa shape index (κ3) is 26.7. The Hall–Kier alpha value is -3.90. The summed E-state index contributed by atoms with van der Waals surface area (Å²) in [4.78, 5) is 0. The van der Waals surface area contributed by atoms with Gasteiger partial charge in [0.25, 0.3) is 0 Å². The fraction of sp³-hybridized carbons (Fsp3) is 0.388. The zero-order valence-electron chi connectivity index (χ0n) is 34.4. The van der Waals surface area contributed by atoms with Crippen molar-refractivity contribution in [1.82, 2.24) is 0 Å². The minimum atomic E-state index is 1.12. The zero-order valence-corrected chi connectivity index (χ0v) is 34.4. The van der Waals surface area contributed by atoms with E-state index in [-0.39, 0.29) is 0 Å². The molecule has 0 aromatic heterocycles. The highest BCUT2D eigenvalue weighted by Crippen LogP contribution is 2.19. The molecule has 49 heavy (non-hydrogen) atoms. The number of fused-ring (bicyclic) bond motifs is 2. The number of benzene rings is 5. The van der Waals surface area contributed by atoms with Crippen LogP contribution in [-0.4, -0.2) is 0 Å². The molecule has 0 fully saturated rings. The Morgan fingerprint density at radius 1 is 0.429 bits per heavy atom. The Labute approximate surface area is 306 Å². The summed E-state index contributed by atoms with van der Waals surface area (Å²) in [5.41, 5.74) is 6.91. The lowest BCUT2D eigenvalue weighted by atomic mass is 9.92. The lowest BCUT2D eigenvalue weighted by Gasteiger charge is -2.13. The SMILES string of the molecule is C=C(C)c1ccccc1.CC.CC.CC.CC.CC.CC.CCc1ccccc1.c1ccc2c(c1)CCCC2.c1ccc2ccccc2c1. The first kappa shape index (κ1) is 51.9. The summed E-state index contributed by atoms with van der Waals surface area (Å²) in [5, 5.41) is 2.62. The molecule has 0 aliphatic heterocycles. The normalized spacial score (nSPS) is 9.27. The molecule has 0 bridgehead atoms. The third-order valence-electron chi connectivity index (χ3n) is 6.44. The molecule has 272 valence electrons. The van der Waals surface area contributed by atoms with Gasteiger partial charge in [0, 0.05) is 0 Å². The second kappa shape index (κ2) is 42.1. The van der Waals surface area contributed by atoms with E-state index >= 15 is 0 Å². The molecule has 0 saturated heterocycles. The maximum absolute atomic E-state index is 3.83. The number of hydrogen-bond acceptors (Lipinski definition) is 0. The van der Waals surface area contributed by atoms with Crippen LogP contribution in [0.1, 0.15) is 132 Å². The standard InChI is InChI=1S/C10H12.C10H8.C9H10.C8H10.6C2H6/c2*1-2-6-10-8-4-3-7-9(10)5-1;1-8(2)9-6-4-3-5-7-9;1-2-8-6-4-3-5-7-8;6*1-2/h1-2,5-6H,3-4,7-8H2;1-8H;3-7H,1H2,2H3;3-7H,2H2,1H3;6*1-2H3. The van der Waals surface area contributed by atoms with Crippen LogP contribution >= 0.6 is 0 Å². The highest BCUT2D eigenvalue weighted by Gasteiger charge is 2.06. The zero-order chi connectivity index (χ0) is 38.1. The van der Waals surface area contributed by atoms with Gasteiger partial charge in [0.1, 0.15) is 0 Å². The van der Waals surface area contributed by atoms with Crippen molar-refractivity contribution in [1.29, 1.82) is 0 Å². The molecule has 0 atom stereocenters. The maximum atomic E-state index is 3.83. The summed E-state index contributed by atoms with van der Waals surface area (Å²) in [6.07, 6.45) is 6.52. The first-order valence-electron chi connectivity index (χ1n) is 19.4. The van der Waals surface area contributed by atoms with Crippen molar-refractivity contribution in [3.05, 3.63) is 162 Å². The summed E-state index contributed by atoms with van der Waals surface area (Å²) in [7, 11) is 0. The second-order valence-electron chi connectivity index (χ2n) is 9.31. The molecule has 0 nitrogen and oxygen atoms in total. The molecule has 5 aromatic carbocycles. The lowest BCUT2D eigenvalue weighted by molar-refractivity contribution is 0.685. The average molecular weight is 665 g/mol. The Balaban J connectivity index is -0.000000250. The van der Waals surface area contributed by atoms with Crippen LogP contribution in [0.5, 0.6) is 0 Å². The topological polar surface area (TPSA) is 0 Å². The van der Waals surface area contributed by atoms with E-state index in [0.717, 1.165) is 12.0 Å². The van der Waals surface area contributed by atoms with E-state index in [1.165, 1.54) is 47.6 Å². The van der Waals surface area contributed by atoms with Crippen molar-refractivity contribution in [3.8, 4) is 0 Å². The molecule has 0 N–H and O–H groups in total. The quantitative estimate of drug-likeness (QED) is 0.176. The van der Waals surface area contributed by atoms with Gasteiger partial charge in [-0.15, -0.1) is 0 Å². The molecule has 0 heteroatoms. The predicted octanol–water partition coefficient (Wildman–Crippen LogP) is 16.5. The fourth-order valence-corrected chi connectivity index (χ4v) is 4.25. The summed E-state index contributed by atoms with van der Waals surface area (Å²) < 4.78 is 0. The molecule has 0 heterocycles. The van der Waals surface area contributed by atoms with E-state index in [9.17, 15) is 0 Å². The maximum Gasteiger partial charge on any atom is -0.0184 e. The first-order valence-corrected chi connectivity index (χ1v) is 19.4. The van der Waals surface area contributed by atoms with Crippen LogP contribution in [-0.2, 0) is 19.3 Å². The van der Waals surface area contributed by atoms with Crippen LogP contribution < -0.4 is 0 Å². The lowest BCUT2D eigenvalue weighted by Crippen LogP contribution is -2.00. The van der Waals surface area contributed by atoms with E-state index in [2.05, 4.69) is 123 Å². The second-order valence-corrected chi connectivity index (χ2v) is 9.31. The molecule has 5 aromatic rings.